The number of anilines is 1. The number of aryl methyl sites for hydroxylation is 1. The van der Waals surface area contributed by atoms with Gasteiger partial charge in [0.2, 0.25) is 17.8 Å². The topological polar surface area (TPSA) is 92.5 Å². The molecule has 1 amide bonds. The van der Waals surface area contributed by atoms with Crippen LogP contribution in [0.5, 0.6) is 0 Å². The number of rotatable bonds is 10. The zero-order valence-electron chi connectivity index (χ0n) is 24.2. The summed E-state index contributed by atoms with van der Waals surface area (Å²) in [6.45, 7) is 2.81. The van der Waals surface area contributed by atoms with E-state index in [-0.39, 0.29) is 17.7 Å². The molecule has 12 heteroatoms. The van der Waals surface area contributed by atoms with Gasteiger partial charge >= 0.3 is 0 Å². The number of morpholine rings is 1. The minimum Gasteiger partial charge on any atom is -0.378 e. The van der Waals surface area contributed by atoms with Crippen molar-refractivity contribution in [3.05, 3.63) is 35.9 Å². The summed E-state index contributed by atoms with van der Waals surface area (Å²) in [6.07, 6.45) is 3.99. The molecule has 0 N–H and O–H groups in total. The number of alkyl halides is 2. The first-order valence-electron chi connectivity index (χ1n) is 14.5. The van der Waals surface area contributed by atoms with Crippen LogP contribution in [0.4, 0.5) is 14.7 Å². The van der Waals surface area contributed by atoms with Gasteiger partial charge in [-0.3, -0.25) is 9.36 Å². The Hall–Kier alpha value is -3.25. The van der Waals surface area contributed by atoms with Crippen molar-refractivity contribution in [1.82, 2.24) is 34.3 Å². The van der Waals surface area contributed by atoms with Crippen molar-refractivity contribution in [2.24, 2.45) is 5.92 Å². The molecule has 0 bridgehead atoms. The third-order valence-electron chi connectivity index (χ3n) is 8.16. The number of hydrogen-bond donors (Lipinski definition) is 0. The third-order valence-corrected chi connectivity index (χ3v) is 8.16. The van der Waals surface area contributed by atoms with Crippen molar-refractivity contribution in [3.8, 4) is 5.95 Å². The van der Waals surface area contributed by atoms with E-state index < -0.39 is 6.43 Å². The molecule has 0 unspecified atom stereocenters. The molecule has 10 nitrogen and oxygen atoms in total. The van der Waals surface area contributed by atoms with Crippen molar-refractivity contribution in [3.63, 3.8) is 0 Å². The van der Waals surface area contributed by atoms with Crippen LogP contribution >= 0.6 is 0 Å². The molecule has 0 spiro atoms. The molecule has 3 heterocycles. The number of halogens is 2. The molecule has 3 aromatic rings. The molecule has 1 aliphatic heterocycles. The highest BCUT2D eigenvalue weighted by atomic mass is 19.3. The molecular formula is C29H40F2N8O2. The number of carbonyl (C=O) groups excluding carboxylic acids is 1. The van der Waals surface area contributed by atoms with Crippen LogP contribution in [0.15, 0.2) is 24.3 Å². The quantitative estimate of drug-likeness (QED) is 0.363. The SMILES string of the molecule is CN(C)CC(=O)N(C)C1CCC(CCCc2nc(N3CCOCC3)nc(-n3c(C(F)F)nc4ccccc43)n2)CC1. The molecule has 2 aliphatic rings. The van der Waals surface area contributed by atoms with E-state index in [0.29, 0.717) is 74.0 Å². The van der Waals surface area contributed by atoms with Gasteiger partial charge in [-0.1, -0.05) is 18.6 Å². The second kappa shape index (κ2) is 13.2. The molecule has 5 rings (SSSR count). The second-order valence-corrected chi connectivity index (χ2v) is 11.4. The van der Waals surface area contributed by atoms with Crippen LogP contribution in [0.25, 0.3) is 17.0 Å². The summed E-state index contributed by atoms with van der Waals surface area (Å²) in [5.41, 5.74) is 1.01. The van der Waals surface area contributed by atoms with Crippen LogP contribution in [0.3, 0.4) is 0 Å². The Morgan fingerprint density at radius 3 is 2.41 bits per heavy atom. The average Bonchev–Trinajstić information content (AvgIpc) is 3.37. The fraction of sp³-hybridized carbons (Fsp3) is 0.621. The minimum atomic E-state index is -2.78. The lowest BCUT2D eigenvalue weighted by Crippen LogP contribution is -2.43. The number of amides is 1. The van der Waals surface area contributed by atoms with E-state index in [9.17, 15) is 13.6 Å². The predicted octanol–water partition coefficient (Wildman–Crippen LogP) is 3.89. The van der Waals surface area contributed by atoms with Gasteiger partial charge in [-0.15, -0.1) is 0 Å². The first-order chi connectivity index (χ1) is 19.8. The van der Waals surface area contributed by atoms with Gasteiger partial charge in [0.05, 0.1) is 30.8 Å². The van der Waals surface area contributed by atoms with E-state index in [1.165, 1.54) is 4.57 Å². The first kappa shape index (κ1) is 29.2. The van der Waals surface area contributed by atoms with E-state index in [1.54, 1.807) is 24.3 Å². The van der Waals surface area contributed by atoms with Crippen molar-refractivity contribution >= 4 is 22.9 Å². The van der Waals surface area contributed by atoms with E-state index in [2.05, 4.69) is 15.0 Å². The Morgan fingerprint density at radius 1 is 1.00 bits per heavy atom. The summed E-state index contributed by atoms with van der Waals surface area (Å²) in [5, 5.41) is 0. The number of aromatic nitrogens is 5. The highest BCUT2D eigenvalue weighted by Crippen LogP contribution is 2.31. The maximum atomic E-state index is 14.1. The number of ether oxygens (including phenoxy) is 1. The van der Waals surface area contributed by atoms with Crippen molar-refractivity contribution in [1.29, 1.82) is 0 Å². The van der Waals surface area contributed by atoms with E-state index in [4.69, 9.17) is 9.72 Å². The van der Waals surface area contributed by atoms with Gasteiger partial charge in [0.15, 0.2) is 5.82 Å². The van der Waals surface area contributed by atoms with E-state index >= 15 is 0 Å². The molecule has 1 aliphatic carbocycles. The first-order valence-corrected chi connectivity index (χ1v) is 14.5. The largest absolute Gasteiger partial charge is 0.378 e. The highest BCUT2D eigenvalue weighted by molar-refractivity contribution is 5.78. The van der Waals surface area contributed by atoms with Gasteiger partial charge in [0, 0.05) is 32.6 Å². The number of para-hydroxylation sites is 2. The van der Waals surface area contributed by atoms with E-state index in [0.717, 1.165) is 38.5 Å². The molecule has 222 valence electrons. The standard InChI is InChI=1S/C29H40F2N8O2/c1-36(2)19-25(40)37(3)21-13-11-20(12-14-21)7-6-10-24-33-28(38-15-17-41-18-16-38)35-29(34-24)39-23-9-5-4-8-22(23)32-27(39)26(30)31/h4-5,8-9,20-21,26H,6-7,10-19H2,1-3H3. The minimum absolute atomic E-state index is 0.167. The summed E-state index contributed by atoms with van der Waals surface area (Å²) in [6, 6.07) is 7.35. The number of fused-ring (bicyclic) bond motifs is 1. The van der Waals surface area contributed by atoms with E-state index in [1.807, 2.05) is 35.8 Å². The summed E-state index contributed by atoms with van der Waals surface area (Å²) in [5.74, 6) is 1.63. The van der Waals surface area contributed by atoms with Gasteiger partial charge in [-0.05, 0) is 64.3 Å². The predicted molar refractivity (Wildman–Crippen MR) is 152 cm³/mol. The maximum absolute atomic E-state index is 14.1. The summed E-state index contributed by atoms with van der Waals surface area (Å²) >= 11 is 0. The van der Waals surface area contributed by atoms with Crippen LogP contribution < -0.4 is 4.90 Å². The second-order valence-electron chi connectivity index (χ2n) is 11.4. The summed E-state index contributed by atoms with van der Waals surface area (Å²) < 4.78 is 35.0. The zero-order valence-corrected chi connectivity index (χ0v) is 24.2. The molecule has 0 radical (unpaired) electrons. The molecule has 1 saturated heterocycles. The van der Waals surface area contributed by atoms with Crippen molar-refractivity contribution < 1.29 is 18.3 Å². The highest BCUT2D eigenvalue weighted by Gasteiger charge is 2.27. The lowest BCUT2D eigenvalue weighted by atomic mass is 9.82. The average molecular weight is 571 g/mol. The van der Waals surface area contributed by atoms with Crippen molar-refractivity contribution in [2.75, 3.05) is 58.9 Å². The Morgan fingerprint density at radius 2 is 1.71 bits per heavy atom. The van der Waals surface area contributed by atoms with Crippen LogP contribution in [-0.4, -0.2) is 100 Å². The lowest BCUT2D eigenvalue weighted by molar-refractivity contribution is -0.133. The molecule has 2 aromatic heterocycles. The fourth-order valence-corrected chi connectivity index (χ4v) is 5.87. The number of likely N-dealkylation sites (N-methyl/N-ethyl adjacent to an activating group) is 2. The Labute approximate surface area is 239 Å². The lowest BCUT2D eigenvalue weighted by Gasteiger charge is -2.35. The Kier molecular flexibility index (Phi) is 9.39. The molecular weight excluding hydrogens is 530 g/mol. The van der Waals surface area contributed by atoms with Crippen LogP contribution in [0.1, 0.15) is 56.6 Å². The Balaban J connectivity index is 1.29. The number of benzene rings is 1. The fourth-order valence-electron chi connectivity index (χ4n) is 5.87. The normalized spacial score (nSPS) is 19.8. The summed E-state index contributed by atoms with van der Waals surface area (Å²) in [4.78, 5) is 36.6. The van der Waals surface area contributed by atoms with Gasteiger partial charge in [-0.25, -0.2) is 13.8 Å². The smallest absolute Gasteiger partial charge is 0.296 e. The number of imidazole rings is 1. The van der Waals surface area contributed by atoms with Crippen LogP contribution in [-0.2, 0) is 16.0 Å². The van der Waals surface area contributed by atoms with Gasteiger partial charge < -0.3 is 19.4 Å². The van der Waals surface area contributed by atoms with Crippen molar-refractivity contribution in [2.45, 2.75) is 57.4 Å². The monoisotopic (exact) mass is 570 g/mol. The number of carbonyl (C=O) groups is 1. The Bertz CT molecular complexity index is 1320. The molecule has 2 fully saturated rings. The third kappa shape index (κ3) is 6.98. The zero-order chi connectivity index (χ0) is 28.9. The summed E-state index contributed by atoms with van der Waals surface area (Å²) in [7, 11) is 5.75. The molecule has 1 aromatic carbocycles. The molecule has 41 heavy (non-hydrogen) atoms. The van der Waals surface area contributed by atoms with Crippen LogP contribution in [0.2, 0.25) is 0 Å². The number of nitrogens with zero attached hydrogens (tertiary/aromatic N) is 8. The molecule has 1 saturated carbocycles. The van der Waals surface area contributed by atoms with Gasteiger partial charge in [0.25, 0.3) is 6.43 Å². The van der Waals surface area contributed by atoms with Gasteiger partial charge in [0.1, 0.15) is 5.82 Å². The number of hydrogen-bond acceptors (Lipinski definition) is 8. The maximum Gasteiger partial charge on any atom is 0.296 e. The van der Waals surface area contributed by atoms with Crippen LogP contribution in [0, 0.1) is 5.92 Å². The molecule has 0 atom stereocenters. The van der Waals surface area contributed by atoms with Gasteiger partial charge in [-0.2, -0.15) is 15.0 Å².